The van der Waals surface area contributed by atoms with E-state index in [0.29, 0.717) is 19.4 Å². The molecule has 0 radical (unpaired) electrons. The maximum atomic E-state index is 11.7. The summed E-state index contributed by atoms with van der Waals surface area (Å²) in [6, 6.07) is 9.82. The van der Waals surface area contributed by atoms with Gasteiger partial charge in [0.15, 0.2) is 0 Å². The van der Waals surface area contributed by atoms with Crippen molar-refractivity contribution in [2.75, 3.05) is 19.7 Å². The molecule has 1 aromatic carbocycles. The fraction of sp³-hybridized carbons (Fsp3) is 0.500. The highest BCUT2D eigenvalue weighted by Gasteiger charge is 2.16. The Kier molecular flexibility index (Phi) is 6.22. The zero-order valence-corrected chi connectivity index (χ0v) is 12.1. The second-order valence-corrected chi connectivity index (χ2v) is 5.20. The van der Waals surface area contributed by atoms with Crippen LogP contribution >= 0.6 is 0 Å². The van der Waals surface area contributed by atoms with Crippen LogP contribution in [0.3, 0.4) is 0 Å². The van der Waals surface area contributed by atoms with E-state index < -0.39 is 0 Å². The van der Waals surface area contributed by atoms with Crippen LogP contribution in [0.4, 0.5) is 0 Å². The Morgan fingerprint density at radius 3 is 2.67 bits per heavy atom. The average Bonchev–Trinajstić information content (AvgIpc) is 3.03. The van der Waals surface area contributed by atoms with Gasteiger partial charge in [-0.3, -0.25) is 9.59 Å². The summed E-state index contributed by atoms with van der Waals surface area (Å²) in [5, 5.41) is 5.41. The third kappa shape index (κ3) is 5.95. The molecule has 2 rings (SSSR count). The molecular formula is C16H22N2O3. The third-order valence-corrected chi connectivity index (χ3v) is 3.48. The lowest BCUT2D eigenvalue weighted by Crippen LogP contribution is -2.40. The van der Waals surface area contributed by atoms with E-state index in [2.05, 4.69) is 10.6 Å². The first-order valence-electron chi connectivity index (χ1n) is 7.43. The molecule has 0 bridgehead atoms. The van der Waals surface area contributed by atoms with E-state index >= 15 is 0 Å². The van der Waals surface area contributed by atoms with E-state index in [4.69, 9.17) is 4.74 Å². The molecule has 0 spiro atoms. The highest BCUT2D eigenvalue weighted by molar-refractivity contribution is 5.84. The first-order chi connectivity index (χ1) is 10.2. The first kappa shape index (κ1) is 15.5. The Hall–Kier alpha value is -1.88. The summed E-state index contributed by atoms with van der Waals surface area (Å²) in [6.07, 6.45) is 3.25. The third-order valence-electron chi connectivity index (χ3n) is 3.48. The number of hydrogen-bond donors (Lipinski definition) is 2. The normalized spacial score (nSPS) is 17.4. The van der Waals surface area contributed by atoms with Crippen molar-refractivity contribution < 1.29 is 14.3 Å². The number of benzene rings is 1. The minimum atomic E-state index is -0.168. The molecule has 2 N–H and O–H groups in total. The molecule has 1 aromatic rings. The van der Waals surface area contributed by atoms with Gasteiger partial charge in [0.25, 0.3) is 0 Å². The molecule has 0 aliphatic carbocycles. The molecular weight excluding hydrogens is 268 g/mol. The van der Waals surface area contributed by atoms with Gasteiger partial charge in [-0.15, -0.1) is 0 Å². The van der Waals surface area contributed by atoms with Crippen molar-refractivity contribution in [1.29, 1.82) is 0 Å². The van der Waals surface area contributed by atoms with Crippen molar-refractivity contribution in [2.45, 2.75) is 31.8 Å². The minimum absolute atomic E-state index is 0.0281. The number of carbonyl (C=O) groups is 2. The van der Waals surface area contributed by atoms with Crippen LogP contribution in [0.15, 0.2) is 30.3 Å². The molecule has 21 heavy (non-hydrogen) atoms. The Labute approximate surface area is 125 Å². The second-order valence-electron chi connectivity index (χ2n) is 5.20. The zero-order chi connectivity index (χ0) is 14.9. The first-order valence-corrected chi connectivity index (χ1v) is 7.43. The number of ether oxygens (including phenoxy) is 1. The molecule has 5 heteroatoms. The minimum Gasteiger partial charge on any atom is -0.376 e. The van der Waals surface area contributed by atoms with Gasteiger partial charge in [-0.05, 0) is 24.8 Å². The van der Waals surface area contributed by atoms with E-state index in [1.54, 1.807) is 0 Å². The lowest BCUT2D eigenvalue weighted by atomic mass is 10.1. The number of rotatable bonds is 7. The number of amides is 2. The van der Waals surface area contributed by atoms with Gasteiger partial charge < -0.3 is 15.4 Å². The van der Waals surface area contributed by atoms with E-state index in [0.717, 1.165) is 25.0 Å². The summed E-state index contributed by atoms with van der Waals surface area (Å²) in [7, 11) is 0. The molecule has 1 unspecified atom stereocenters. The smallest absolute Gasteiger partial charge is 0.239 e. The maximum Gasteiger partial charge on any atom is 0.239 e. The zero-order valence-electron chi connectivity index (χ0n) is 12.1. The predicted octanol–water partition coefficient (Wildman–Crippen LogP) is 1.03. The van der Waals surface area contributed by atoms with Crippen molar-refractivity contribution in [3.05, 3.63) is 35.9 Å². The molecule has 1 heterocycles. The van der Waals surface area contributed by atoms with Crippen molar-refractivity contribution in [3.8, 4) is 0 Å². The highest BCUT2D eigenvalue weighted by atomic mass is 16.5. The van der Waals surface area contributed by atoms with E-state index in [1.165, 1.54) is 0 Å². The van der Waals surface area contributed by atoms with Crippen molar-refractivity contribution in [1.82, 2.24) is 10.6 Å². The summed E-state index contributed by atoms with van der Waals surface area (Å²) in [5.74, 6) is -0.273. The summed E-state index contributed by atoms with van der Waals surface area (Å²) < 4.78 is 5.41. The summed E-state index contributed by atoms with van der Waals surface area (Å²) in [6.45, 7) is 1.33. The topological polar surface area (TPSA) is 67.4 Å². The quantitative estimate of drug-likeness (QED) is 0.788. The van der Waals surface area contributed by atoms with Crippen LogP contribution in [0.25, 0.3) is 0 Å². The van der Waals surface area contributed by atoms with Crippen LogP contribution < -0.4 is 10.6 Å². The molecule has 0 aromatic heterocycles. The fourth-order valence-corrected chi connectivity index (χ4v) is 2.27. The average molecular weight is 290 g/mol. The van der Waals surface area contributed by atoms with Gasteiger partial charge in [-0.2, -0.15) is 0 Å². The molecule has 5 nitrogen and oxygen atoms in total. The van der Waals surface area contributed by atoms with Gasteiger partial charge in [0.05, 0.1) is 12.6 Å². The van der Waals surface area contributed by atoms with Gasteiger partial charge in [0.2, 0.25) is 11.8 Å². The van der Waals surface area contributed by atoms with Gasteiger partial charge in [-0.25, -0.2) is 0 Å². The van der Waals surface area contributed by atoms with Crippen LogP contribution in [0.1, 0.15) is 24.8 Å². The van der Waals surface area contributed by atoms with Gasteiger partial charge in [0.1, 0.15) is 0 Å². The van der Waals surface area contributed by atoms with Crippen LogP contribution in [0.5, 0.6) is 0 Å². The number of carbonyl (C=O) groups excluding carboxylic acids is 2. The van der Waals surface area contributed by atoms with E-state index in [9.17, 15) is 9.59 Å². The molecule has 1 aliphatic rings. The molecule has 0 saturated carbocycles. The number of aryl methyl sites for hydroxylation is 1. The molecule has 114 valence electrons. The van der Waals surface area contributed by atoms with Crippen LogP contribution in [-0.2, 0) is 20.7 Å². The SMILES string of the molecule is O=C(CCc1ccccc1)NCC(=O)NCC1CCCO1. The number of nitrogens with one attached hydrogen (secondary N) is 2. The summed E-state index contributed by atoms with van der Waals surface area (Å²) in [4.78, 5) is 23.3. The lowest BCUT2D eigenvalue weighted by Gasteiger charge is -2.11. The maximum absolute atomic E-state index is 11.7. The Bertz CT molecular complexity index is 456. The fourth-order valence-electron chi connectivity index (χ4n) is 2.27. The van der Waals surface area contributed by atoms with Crippen molar-refractivity contribution in [2.24, 2.45) is 0 Å². The van der Waals surface area contributed by atoms with Crippen molar-refractivity contribution >= 4 is 11.8 Å². The van der Waals surface area contributed by atoms with E-state index in [-0.39, 0.29) is 24.5 Å². The molecule has 1 saturated heterocycles. The summed E-state index contributed by atoms with van der Waals surface area (Å²) in [5.41, 5.74) is 1.12. The van der Waals surface area contributed by atoms with Gasteiger partial charge in [0, 0.05) is 19.6 Å². The van der Waals surface area contributed by atoms with Crippen LogP contribution in [0.2, 0.25) is 0 Å². The van der Waals surface area contributed by atoms with Gasteiger partial charge >= 0.3 is 0 Å². The Balaban J connectivity index is 1.56. The van der Waals surface area contributed by atoms with Crippen molar-refractivity contribution in [3.63, 3.8) is 0 Å². The summed E-state index contributed by atoms with van der Waals surface area (Å²) >= 11 is 0. The highest BCUT2D eigenvalue weighted by Crippen LogP contribution is 2.10. The Morgan fingerprint density at radius 1 is 1.14 bits per heavy atom. The molecule has 2 amide bonds. The molecule has 1 aliphatic heterocycles. The largest absolute Gasteiger partial charge is 0.376 e. The second kappa shape index (κ2) is 8.42. The predicted molar refractivity (Wildman–Crippen MR) is 79.8 cm³/mol. The molecule has 1 atom stereocenters. The van der Waals surface area contributed by atoms with Gasteiger partial charge in [-0.1, -0.05) is 30.3 Å². The standard InChI is InChI=1S/C16H22N2O3/c19-15(9-8-13-5-2-1-3-6-13)18-12-16(20)17-11-14-7-4-10-21-14/h1-3,5-6,14H,4,7-12H2,(H,17,20)(H,18,19). The van der Waals surface area contributed by atoms with Crippen LogP contribution in [0, 0.1) is 0 Å². The van der Waals surface area contributed by atoms with Crippen LogP contribution in [-0.4, -0.2) is 37.6 Å². The van der Waals surface area contributed by atoms with E-state index in [1.807, 2.05) is 30.3 Å². The Morgan fingerprint density at radius 2 is 1.95 bits per heavy atom. The monoisotopic (exact) mass is 290 g/mol. The number of hydrogen-bond acceptors (Lipinski definition) is 3. The lowest BCUT2D eigenvalue weighted by molar-refractivity contribution is -0.126. The molecule has 1 fully saturated rings.